The highest BCUT2D eigenvalue weighted by atomic mass is 35.5. The number of nitrogens with one attached hydrogen (secondary N) is 2. The molecule has 0 fully saturated rings. The molecule has 0 bridgehead atoms. The predicted octanol–water partition coefficient (Wildman–Crippen LogP) is 12.3. The highest BCUT2D eigenvalue weighted by Crippen LogP contribution is 2.35. The van der Waals surface area contributed by atoms with Gasteiger partial charge in [0.1, 0.15) is 46.5 Å². The first kappa shape index (κ1) is 75.7. The zero-order chi connectivity index (χ0) is 69.1. The largest absolute Gasteiger partial charge is 0.511 e. The van der Waals surface area contributed by atoms with Crippen molar-refractivity contribution in [1.29, 1.82) is 0 Å². The lowest BCUT2D eigenvalue weighted by Crippen LogP contribution is -2.26. The zero-order valence-electron chi connectivity index (χ0n) is 52.5. The molecule has 7 aromatic rings. The molecule has 3 atom stereocenters. The number of ether oxygens (including phenoxy) is 3. The van der Waals surface area contributed by atoms with E-state index in [-0.39, 0.29) is 53.4 Å². The summed E-state index contributed by atoms with van der Waals surface area (Å²) in [5, 5.41) is 21.6. The molecule has 506 valence electrons. The number of hydrogen-bond donors (Lipinski definition) is 3. The number of oxime groups is 1. The van der Waals surface area contributed by atoms with Gasteiger partial charge in [-0.3, -0.25) is 33.9 Å². The van der Waals surface area contributed by atoms with Crippen molar-refractivity contribution in [3.8, 4) is 11.8 Å². The standard InChI is InChI=1S/C18H22ClNO3.C17H29NO3S.C14H13F3N2O4S.C12H8F3N5O3S/c1-3-4-5-7-13(2)23-17(21)12-22-16-10-9-15(19)14-8-6-11-20-18(14)16;1-5-8-14(18-21-6-2)17-15(19)10-13(11-16(17)20)9-12(4)22-7-3;1-7-11(13(21)19(2)18-7)12(20)9-5-4-8(14(15,16)17)6-10(9)24(3,22)23;1-23-12-16-5-8(15)10-17-11(18-20(10)12)24(21,22)19-9-6(13)3-2-4-7(9)14/h6,8-11,13H,3-5,7,12H2,1-2H3;12-13,19H,5-11H2,1-4H3;4-6,18H,1-3H3;2-5,19H,1H3/b;18-14-;;. The van der Waals surface area contributed by atoms with E-state index in [2.05, 4.69) is 51.1 Å². The van der Waals surface area contributed by atoms with Gasteiger partial charge in [0.15, 0.2) is 33.7 Å². The molecule has 0 amide bonds. The number of thioether (sulfide) groups is 1. The van der Waals surface area contributed by atoms with Gasteiger partial charge in [-0.25, -0.2) is 31.4 Å². The van der Waals surface area contributed by atoms with Crippen molar-refractivity contribution in [3.63, 3.8) is 0 Å². The van der Waals surface area contributed by atoms with Crippen LogP contribution in [0.3, 0.4) is 0 Å². The van der Waals surface area contributed by atoms with E-state index >= 15 is 0 Å². The third-order valence-electron chi connectivity index (χ3n) is 13.6. The number of Topliss-reactive ketones (excluding diaryl/α,β-unsaturated/α-hetero) is 1. The third kappa shape index (κ3) is 20.7. The Hall–Kier alpha value is -8.03. The van der Waals surface area contributed by atoms with Gasteiger partial charge in [0, 0.05) is 54.2 Å². The Morgan fingerprint density at radius 2 is 1.65 bits per heavy atom. The number of pyridine rings is 1. The highest BCUT2D eigenvalue weighted by Gasteiger charge is 2.35. The van der Waals surface area contributed by atoms with Gasteiger partial charge >= 0.3 is 18.2 Å². The number of aromatic nitrogens is 7. The lowest BCUT2D eigenvalue weighted by atomic mass is 9.82. The summed E-state index contributed by atoms with van der Waals surface area (Å²) in [5.41, 5.74) is -2.24. The first-order valence-electron chi connectivity index (χ1n) is 29.1. The topological polar surface area (TPSA) is 295 Å². The fraction of sp³-hybridized carbons (Fsp3) is 0.426. The van der Waals surface area contributed by atoms with Crippen molar-refractivity contribution in [1.82, 2.24) is 34.3 Å². The first-order valence-corrected chi connectivity index (χ1v) is 33.9. The Labute approximate surface area is 542 Å². The van der Waals surface area contributed by atoms with Crippen molar-refractivity contribution in [3.05, 3.63) is 140 Å². The number of rotatable bonds is 24. The van der Waals surface area contributed by atoms with Gasteiger partial charge in [0.25, 0.3) is 20.7 Å². The summed E-state index contributed by atoms with van der Waals surface area (Å²) in [5.74, 6) is -2.49. The molecule has 32 heteroatoms. The lowest BCUT2D eigenvalue weighted by Gasteiger charge is -2.25. The number of methoxy groups -OCH3 is 1. The van der Waals surface area contributed by atoms with Crippen molar-refractivity contribution < 1.29 is 81.7 Å². The number of ketones is 2. The quantitative estimate of drug-likeness (QED) is 0.0126. The van der Waals surface area contributed by atoms with Gasteiger partial charge in [0.05, 0.1) is 46.2 Å². The number of sulfone groups is 1. The molecule has 0 aliphatic heterocycles. The molecule has 93 heavy (non-hydrogen) atoms. The Morgan fingerprint density at radius 3 is 2.24 bits per heavy atom. The van der Waals surface area contributed by atoms with Crippen molar-refractivity contribution in [2.45, 2.75) is 134 Å². The molecular weight excluding hydrogens is 1310 g/mol. The number of fused-ring (bicyclic) bond motifs is 2. The van der Waals surface area contributed by atoms with Crippen molar-refractivity contribution in [2.24, 2.45) is 18.1 Å². The fourth-order valence-corrected chi connectivity index (χ4v) is 12.4. The molecule has 3 unspecified atom stereocenters. The fourth-order valence-electron chi connectivity index (χ4n) is 9.36. The molecule has 0 spiro atoms. The molecule has 0 radical (unpaired) electrons. The highest BCUT2D eigenvalue weighted by molar-refractivity contribution is 7.99. The summed E-state index contributed by atoms with van der Waals surface area (Å²) in [7, 11) is -6.14. The van der Waals surface area contributed by atoms with Crippen LogP contribution in [-0.4, -0.2) is 123 Å². The number of para-hydroxylation sites is 1. The number of H-pyrrole nitrogens is 1. The Balaban J connectivity index is 0.000000225. The maximum absolute atomic E-state index is 13.7. The van der Waals surface area contributed by atoms with Crippen LogP contribution in [0.5, 0.6) is 11.8 Å². The molecule has 3 aromatic carbocycles. The minimum atomic E-state index is -4.76. The van der Waals surface area contributed by atoms with Crippen molar-refractivity contribution in [2.75, 3.05) is 37.1 Å². The van der Waals surface area contributed by atoms with Crippen LogP contribution >= 0.6 is 23.4 Å². The van der Waals surface area contributed by atoms with E-state index in [9.17, 15) is 67.5 Å². The lowest BCUT2D eigenvalue weighted by molar-refractivity contribution is -0.151. The van der Waals surface area contributed by atoms with Gasteiger partial charge in [-0.05, 0) is 113 Å². The molecule has 0 saturated heterocycles. The summed E-state index contributed by atoms with van der Waals surface area (Å²) in [6, 6.07) is 11.5. The Kier molecular flexibility index (Phi) is 27.8. The van der Waals surface area contributed by atoms with Gasteiger partial charge in [-0.15, -0.1) is 5.10 Å². The van der Waals surface area contributed by atoms with Crippen LogP contribution < -0.4 is 19.8 Å². The van der Waals surface area contributed by atoms with Crippen LogP contribution in [0, 0.1) is 30.3 Å². The second-order valence-corrected chi connectivity index (χ2v) is 26.7. The number of aromatic amines is 1. The van der Waals surface area contributed by atoms with E-state index < -0.39 is 87.3 Å². The summed E-state index contributed by atoms with van der Waals surface area (Å²) in [6.07, 6.45) is 6.09. The molecular formula is C61H72ClF6N9O13S3. The number of carbonyl (C=O) groups is 3. The van der Waals surface area contributed by atoms with E-state index in [0.717, 1.165) is 84.8 Å². The number of aryl methyl sites for hydroxylation is 2. The smallest absolute Gasteiger partial charge is 0.416 e. The average Bonchev–Trinajstić information content (AvgIpc) is 1.66. The number of aliphatic hydroxyl groups is 1. The molecule has 1 aliphatic carbocycles. The number of sulfonamides is 1. The maximum Gasteiger partial charge on any atom is 0.416 e. The summed E-state index contributed by atoms with van der Waals surface area (Å²) in [6.45, 7) is 14.0. The molecule has 8 rings (SSSR count). The van der Waals surface area contributed by atoms with Crippen LogP contribution in [0.2, 0.25) is 5.02 Å². The number of hydrogen-bond acceptors (Lipinski definition) is 19. The van der Waals surface area contributed by atoms with E-state index in [1.165, 1.54) is 21.1 Å². The number of esters is 1. The van der Waals surface area contributed by atoms with E-state index in [1.807, 2.05) is 44.7 Å². The van der Waals surface area contributed by atoms with Crippen LogP contribution in [0.25, 0.3) is 16.6 Å². The number of carbonyl (C=O) groups excluding carboxylic acids is 3. The first-order chi connectivity index (χ1) is 43.8. The molecule has 4 aromatic heterocycles. The SMILES string of the molecule is CCC/C(=N/OCC)C1=C(O)CC(CC(C)SCC)CC1=O.CCCCCC(C)OC(=O)COc1ccc(Cl)c2cccnc12.COc1ncc(F)c2nc(S(=O)(=O)Nc3c(F)cccc3F)nn12.Cc1[nH]n(C)c(=O)c1C(=O)c1ccc(C(F)(F)F)cc1S(C)(=O)=O. The summed E-state index contributed by atoms with van der Waals surface area (Å²) < 4.78 is 147. The minimum absolute atomic E-state index is 0.00866. The number of anilines is 1. The number of benzene rings is 3. The third-order valence-corrected chi connectivity index (χ3v) is 17.3. The second kappa shape index (κ2) is 34.2. The molecule has 1 aliphatic rings. The minimum Gasteiger partial charge on any atom is -0.511 e. The Bertz CT molecular complexity index is 4130. The van der Waals surface area contributed by atoms with Gasteiger partial charge in [-0.2, -0.15) is 42.9 Å². The van der Waals surface area contributed by atoms with E-state index in [0.29, 0.717) is 81.6 Å². The van der Waals surface area contributed by atoms with Crippen LogP contribution in [0.15, 0.2) is 104 Å². The Morgan fingerprint density at radius 1 is 0.946 bits per heavy atom. The maximum atomic E-state index is 13.7. The van der Waals surface area contributed by atoms with Gasteiger partial charge in [-0.1, -0.05) is 69.8 Å². The monoisotopic (exact) mass is 1380 g/mol. The number of aliphatic hydroxyl groups excluding tert-OH is 1. The normalized spacial score (nSPS) is 14.2. The van der Waals surface area contributed by atoms with E-state index in [1.54, 1.807) is 23.1 Å². The molecule has 3 N–H and O–H groups in total. The number of allylic oxidation sites excluding steroid dienone is 2. The number of halogens is 7. The summed E-state index contributed by atoms with van der Waals surface area (Å²) >= 11 is 8.03. The molecule has 0 saturated carbocycles. The zero-order valence-corrected chi connectivity index (χ0v) is 55.7. The van der Waals surface area contributed by atoms with Crippen molar-refractivity contribution >= 4 is 88.7 Å². The second-order valence-electron chi connectivity index (χ2n) is 21.0. The molecule has 4 heterocycles. The predicted molar refractivity (Wildman–Crippen MR) is 339 cm³/mol. The van der Waals surface area contributed by atoms with Gasteiger partial charge < -0.3 is 24.2 Å². The van der Waals surface area contributed by atoms with Crippen LogP contribution in [0.4, 0.5) is 32.0 Å². The number of unbranched alkanes of at least 4 members (excludes halogenated alkanes) is 2. The van der Waals surface area contributed by atoms with E-state index in [4.69, 9.17) is 30.6 Å². The van der Waals surface area contributed by atoms with Crippen LogP contribution in [-0.2, 0) is 52.2 Å². The van der Waals surface area contributed by atoms with Gasteiger partial charge in [0.2, 0.25) is 5.78 Å². The summed E-state index contributed by atoms with van der Waals surface area (Å²) in [4.78, 5) is 64.5. The average molecular weight is 1380 g/mol. The number of nitrogens with zero attached hydrogens (tertiary/aromatic N) is 7. The number of alkyl halides is 3. The van der Waals surface area contributed by atoms with Crippen LogP contribution in [0.1, 0.15) is 127 Å². The molecule has 22 nitrogen and oxygen atoms in total.